The molecule has 102 valence electrons. The lowest BCUT2D eigenvalue weighted by Gasteiger charge is -2.08. The minimum atomic E-state index is 0.713. The molecule has 0 amide bonds. The van der Waals surface area contributed by atoms with Crippen molar-refractivity contribution >= 4 is 17.4 Å². The van der Waals surface area contributed by atoms with Gasteiger partial charge in [-0.1, -0.05) is 0 Å². The van der Waals surface area contributed by atoms with Crippen LogP contribution in [-0.4, -0.2) is 39.8 Å². The van der Waals surface area contributed by atoms with Crippen molar-refractivity contribution in [1.29, 1.82) is 0 Å². The third-order valence-electron chi connectivity index (χ3n) is 2.34. The van der Waals surface area contributed by atoms with E-state index in [1.54, 1.807) is 26.0 Å². The van der Waals surface area contributed by atoms with Crippen LogP contribution in [0.5, 0.6) is 5.75 Å². The van der Waals surface area contributed by atoms with Crippen molar-refractivity contribution in [3.05, 3.63) is 18.2 Å². The Labute approximate surface area is 113 Å². The Morgan fingerprint density at radius 1 is 1.17 bits per heavy atom. The van der Waals surface area contributed by atoms with Crippen LogP contribution in [0.25, 0.3) is 0 Å². The van der Waals surface area contributed by atoms with Crippen LogP contribution >= 0.6 is 11.8 Å². The normalized spacial score (nSPS) is 10.6. The number of hydrogen-bond donors (Lipinski definition) is 1. The highest BCUT2D eigenvalue weighted by atomic mass is 32.2. The van der Waals surface area contributed by atoms with Crippen LogP contribution in [0.3, 0.4) is 0 Å². The molecule has 0 fully saturated rings. The number of ether oxygens (including phenoxy) is 3. The SMILES string of the molecule is COCCCOCCSc1cc(OC)ccc1N. The highest BCUT2D eigenvalue weighted by molar-refractivity contribution is 7.99. The fourth-order valence-electron chi connectivity index (χ4n) is 1.38. The summed E-state index contributed by atoms with van der Waals surface area (Å²) >= 11 is 1.68. The molecule has 0 saturated carbocycles. The molecule has 2 N–H and O–H groups in total. The van der Waals surface area contributed by atoms with E-state index in [9.17, 15) is 0 Å². The molecule has 1 rings (SSSR count). The van der Waals surface area contributed by atoms with Crippen molar-refractivity contribution in [1.82, 2.24) is 0 Å². The zero-order valence-corrected chi connectivity index (χ0v) is 11.8. The Kier molecular flexibility index (Phi) is 7.64. The van der Waals surface area contributed by atoms with Gasteiger partial charge in [0.1, 0.15) is 5.75 Å². The number of nitrogens with two attached hydrogens (primary N) is 1. The molecule has 0 atom stereocenters. The summed E-state index contributed by atoms with van der Waals surface area (Å²) in [6, 6.07) is 5.67. The van der Waals surface area contributed by atoms with Gasteiger partial charge in [0.15, 0.2) is 0 Å². The second-order valence-corrected chi connectivity index (χ2v) is 4.85. The second-order valence-electron chi connectivity index (χ2n) is 3.71. The number of hydrogen-bond acceptors (Lipinski definition) is 5. The van der Waals surface area contributed by atoms with Crippen molar-refractivity contribution in [2.24, 2.45) is 0 Å². The molecule has 0 saturated heterocycles. The number of thioether (sulfide) groups is 1. The lowest BCUT2D eigenvalue weighted by atomic mass is 10.3. The molecule has 0 unspecified atom stereocenters. The van der Waals surface area contributed by atoms with Gasteiger partial charge < -0.3 is 19.9 Å². The summed E-state index contributed by atoms with van der Waals surface area (Å²) in [7, 11) is 3.35. The molecule has 1 aromatic rings. The van der Waals surface area contributed by atoms with E-state index in [0.29, 0.717) is 6.61 Å². The summed E-state index contributed by atoms with van der Waals surface area (Å²) in [6.45, 7) is 2.20. The van der Waals surface area contributed by atoms with E-state index >= 15 is 0 Å². The van der Waals surface area contributed by atoms with E-state index in [4.69, 9.17) is 19.9 Å². The minimum Gasteiger partial charge on any atom is -0.497 e. The highest BCUT2D eigenvalue weighted by Crippen LogP contribution is 2.28. The third-order valence-corrected chi connectivity index (χ3v) is 3.38. The number of rotatable bonds is 9. The van der Waals surface area contributed by atoms with Crippen molar-refractivity contribution in [2.75, 3.05) is 45.5 Å². The lowest BCUT2D eigenvalue weighted by Crippen LogP contribution is -2.02. The smallest absolute Gasteiger partial charge is 0.120 e. The molecule has 0 bridgehead atoms. The van der Waals surface area contributed by atoms with E-state index in [-0.39, 0.29) is 0 Å². The van der Waals surface area contributed by atoms with Crippen LogP contribution in [0.1, 0.15) is 6.42 Å². The summed E-state index contributed by atoms with van der Waals surface area (Å²) in [5, 5.41) is 0. The first-order valence-electron chi connectivity index (χ1n) is 5.91. The molecule has 0 aliphatic heterocycles. The zero-order valence-electron chi connectivity index (χ0n) is 11.0. The van der Waals surface area contributed by atoms with Crippen LogP contribution in [0.15, 0.2) is 23.1 Å². The first-order chi connectivity index (χ1) is 8.77. The molecular weight excluding hydrogens is 250 g/mol. The summed E-state index contributed by atoms with van der Waals surface area (Å²) in [5.74, 6) is 1.71. The maximum absolute atomic E-state index is 5.89. The molecule has 18 heavy (non-hydrogen) atoms. The van der Waals surface area contributed by atoms with Crippen molar-refractivity contribution < 1.29 is 14.2 Å². The van der Waals surface area contributed by atoms with Gasteiger partial charge in [-0.3, -0.25) is 0 Å². The fourth-order valence-corrected chi connectivity index (χ4v) is 2.24. The second kappa shape index (κ2) is 9.08. The van der Waals surface area contributed by atoms with Crippen molar-refractivity contribution in [3.63, 3.8) is 0 Å². The molecule has 0 aromatic heterocycles. The number of benzene rings is 1. The number of nitrogen functional groups attached to an aromatic ring is 1. The Balaban J connectivity index is 2.22. The largest absolute Gasteiger partial charge is 0.497 e. The quantitative estimate of drug-likeness (QED) is 0.425. The average Bonchev–Trinajstić information content (AvgIpc) is 2.39. The van der Waals surface area contributed by atoms with Crippen LogP contribution in [-0.2, 0) is 9.47 Å². The van der Waals surface area contributed by atoms with Crippen molar-refractivity contribution in [2.45, 2.75) is 11.3 Å². The maximum Gasteiger partial charge on any atom is 0.120 e. The van der Waals surface area contributed by atoms with Crippen LogP contribution in [0, 0.1) is 0 Å². The molecule has 0 heterocycles. The van der Waals surface area contributed by atoms with Gasteiger partial charge in [-0.25, -0.2) is 0 Å². The van der Waals surface area contributed by atoms with Gasteiger partial charge >= 0.3 is 0 Å². The highest BCUT2D eigenvalue weighted by Gasteiger charge is 2.02. The van der Waals surface area contributed by atoms with E-state index in [2.05, 4.69) is 0 Å². The summed E-state index contributed by atoms with van der Waals surface area (Å²) in [6.07, 6.45) is 0.933. The maximum atomic E-state index is 5.89. The van der Waals surface area contributed by atoms with Gasteiger partial charge in [0.25, 0.3) is 0 Å². The van der Waals surface area contributed by atoms with Crippen LogP contribution in [0.4, 0.5) is 5.69 Å². The first kappa shape index (κ1) is 15.1. The van der Waals surface area contributed by atoms with Gasteiger partial charge in [-0.2, -0.15) is 0 Å². The monoisotopic (exact) mass is 271 g/mol. The first-order valence-corrected chi connectivity index (χ1v) is 6.89. The van der Waals surface area contributed by atoms with Gasteiger partial charge in [-0.05, 0) is 24.6 Å². The third kappa shape index (κ3) is 5.62. The zero-order chi connectivity index (χ0) is 13.2. The van der Waals surface area contributed by atoms with Gasteiger partial charge in [0, 0.05) is 36.7 Å². The van der Waals surface area contributed by atoms with E-state index in [1.807, 2.05) is 18.2 Å². The number of anilines is 1. The predicted molar refractivity (Wildman–Crippen MR) is 75.4 cm³/mol. The Hall–Kier alpha value is -0.910. The molecule has 0 radical (unpaired) electrons. The van der Waals surface area contributed by atoms with Gasteiger partial charge in [0.2, 0.25) is 0 Å². The Morgan fingerprint density at radius 3 is 2.72 bits per heavy atom. The van der Waals surface area contributed by atoms with Crippen LogP contribution in [0.2, 0.25) is 0 Å². The van der Waals surface area contributed by atoms with Crippen molar-refractivity contribution in [3.8, 4) is 5.75 Å². The topological polar surface area (TPSA) is 53.7 Å². The summed E-state index contributed by atoms with van der Waals surface area (Å²) in [4.78, 5) is 1.04. The van der Waals surface area contributed by atoms with E-state index < -0.39 is 0 Å². The summed E-state index contributed by atoms with van der Waals surface area (Å²) in [5.41, 5.74) is 6.67. The summed E-state index contributed by atoms with van der Waals surface area (Å²) < 4.78 is 15.6. The Morgan fingerprint density at radius 2 is 2.00 bits per heavy atom. The standard InChI is InChI=1S/C13H21NO3S/c1-15-6-3-7-17-8-9-18-13-10-11(16-2)4-5-12(13)14/h4-5,10H,3,6-9,14H2,1-2H3. The lowest BCUT2D eigenvalue weighted by molar-refractivity contribution is 0.113. The average molecular weight is 271 g/mol. The molecule has 0 aliphatic rings. The molecule has 4 nitrogen and oxygen atoms in total. The van der Waals surface area contributed by atoms with Gasteiger partial charge in [-0.15, -0.1) is 11.8 Å². The van der Waals surface area contributed by atoms with Gasteiger partial charge in [0.05, 0.1) is 13.7 Å². The predicted octanol–water partition coefficient (Wildman–Crippen LogP) is 2.42. The minimum absolute atomic E-state index is 0.713. The Bertz CT molecular complexity index is 347. The molecule has 1 aromatic carbocycles. The molecule has 0 spiro atoms. The van der Waals surface area contributed by atoms with E-state index in [1.165, 1.54) is 0 Å². The van der Waals surface area contributed by atoms with Crippen LogP contribution < -0.4 is 10.5 Å². The molecule has 5 heteroatoms. The fraction of sp³-hybridized carbons (Fsp3) is 0.538. The molecule has 0 aliphatic carbocycles. The van der Waals surface area contributed by atoms with E-state index in [0.717, 1.165) is 41.7 Å². The molecular formula is C13H21NO3S. The number of methoxy groups -OCH3 is 2.